The largest absolute Gasteiger partial charge is 0.416 e. The third-order valence-electron chi connectivity index (χ3n) is 3.26. The Balaban J connectivity index is 3.14. The van der Waals surface area contributed by atoms with Gasteiger partial charge in [0, 0.05) is 6.42 Å². The second-order valence-corrected chi connectivity index (χ2v) is 5.01. The molecule has 0 fully saturated rings. The summed E-state index contributed by atoms with van der Waals surface area (Å²) in [6.45, 7) is 1.55. The summed E-state index contributed by atoms with van der Waals surface area (Å²) in [4.78, 5) is 23.5. The molecule has 1 unspecified atom stereocenters. The number of amides is 2. The van der Waals surface area contributed by atoms with E-state index >= 15 is 0 Å². The monoisotopic (exact) mass is 317 g/mol. The second kappa shape index (κ2) is 6.78. The van der Waals surface area contributed by atoms with Crippen molar-refractivity contribution in [1.29, 1.82) is 0 Å². The van der Waals surface area contributed by atoms with Crippen LogP contribution < -0.4 is 16.8 Å². The standard InChI is InChI=1S/C14H18F3N3O2/c1-13(12(19)22,20-11(21)6-3-7-18)9-4-2-5-10(8-9)14(15,16)17/h2,4-5,8H,3,6-7,18H2,1H3,(H2,19,22)(H,20,21). The lowest BCUT2D eigenvalue weighted by Gasteiger charge is -2.28. The molecule has 5 nitrogen and oxygen atoms in total. The zero-order valence-electron chi connectivity index (χ0n) is 12.0. The first-order valence-electron chi connectivity index (χ1n) is 6.60. The summed E-state index contributed by atoms with van der Waals surface area (Å²) in [7, 11) is 0. The van der Waals surface area contributed by atoms with Crippen LogP contribution in [-0.2, 0) is 21.3 Å². The van der Waals surface area contributed by atoms with E-state index in [0.717, 1.165) is 18.2 Å². The minimum absolute atomic E-state index is 0.0316. The summed E-state index contributed by atoms with van der Waals surface area (Å²) in [5, 5.41) is 2.39. The van der Waals surface area contributed by atoms with E-state index < -0.39 is 29.1 Å². The van der Waals surface area contributed by atoms with Crippen molar-refractivity contribution >= 4 is 11.8 Å². The van der Waals surface area contributed by atoms with Gasteiger partial charge in [0.15, 0.2) is 0 Å². The van der Waals surface area contributed by atoms with Crippen LogP contribution in [0.3, 0.4) is 0 Å². The minimum Gasteiger partial charge on any atom is -0.367 e. The molecule has 0 saturated carbocycles. The van der Waals surface area contributed by atoms with Crippen LogP contribution in [0.1, 0.15) is 30.9 Å². The van der Waals surface area contributed by atoms with Crippen molar-refractivity contribution in [2.45, 2.75) is 31.5 Å². The lowest BCUT2D eigenvalue weighted by Crippen LogP contribution is -2.52. The van der Waals surface area contributed by atoms with Crippen molar-refractivity contribution in [3.05, 3.63) is 35.4 Å². The fraction of sp³-hybridized carbons (Fsp3) is 0.429. The van der Waals surface area contributed by atoms with Crippen LogP contribution in [-0.4, -0.2) is 18.4 Å². The molecule has 0 aliphatic carbocycles. The molecule has 0 heterocycles. The van der Waals surface area contributed by atoms with Gasteiger partial charge < -0.3 is 16.8 Å². The van der Waals surface area contributed by atoms with E-state index in [2.05, 4.69) is 5.32 Å². The molecule has 0 aliphatic rings. The number of carbonyl (C=O) groups is 2. The summed E-state index contributed by atoms with van der Waals surface area (Å²) < 4.78 is 38.3. The molecule has 5 N–H and O–H groups in total. The second-order valence-electron chi connectivity index (χ2n) is 5.01. The normalized spacial score (nSPS) is 14.2. The summed E-state index contributed by atoms with van der Waals surface area (Å²) in [6, 6.07) is 4.14. The van der Waals surface area contributed by atoms with Crippen molar-refractivity contribution in [3.63, 3.8) is 0 Å². The Hall–Kier alpha value is -2.09. The van der Waals surface area contributed by atoms with E-state index in [1.807, 2.05) is 0 Å². The van der Waals surface area contributed by atoms with E-state index in [-0.39, 0.29) is 18.5 Å². The third-order valence-corrected chi connectivity index (χ3v) is 3.26. The van der Waals surface area contributed by atoms with Crippen molar-refractivity contribution in [1.82, 2.24) is 5.32 Å². The van der Waals surface area contributed by atoms with Crippen LogP contribution in [0, 0.1) is 0 Å². The predicted molar refractivity (Wildman–Crippen MR) is 74.4 cm³/mol. The molecule has 2 amide bonds. The number of primary amides is 1. The summed E-state index contributed by atoms with van der Waals surface area (Å²) in [5.74, 6) is -1.46. The fourth-order valence-electron chi connectivity index (χ4n) is 1.89. The predicted octanol–water partition coefficient (Wildman–Crippen LogP) is 1.26. The molecule has 22 heavy (non-hydrogen) atoms. The van der Waals surface area contributed by atoms with Gasteiger partial charge in [-0.05, 0) is 37.6 Å². The SMILES string of the molecule is CC(NC(=O)CCCN)(C(N)=O)c1cccc(C(F)(F)F)c1. The van der Waals surface area contributed by atoms with Crippen LogP contribution in [0.5, 0.6) is 0 Å². The molecule has 0 bridgehead atoms. The maximum Gasteiger partial charge on any atom is 0.416 e. The number of halogens is 3. The Morgan fingerprint density at radius 1 is 1.23 bits per heavy atom. The first-order valence-corrected chi connectivity index (χ1v) is 6.60. The number of nitrogens with one attached hydrogen (secondary N) is 1. The molecule has 122 valence electrons. The van der Waals surface area contributed by atoms with E-state index in [9.17, 15) is 22.8 Å². The van der Waals surface area contributed by atoms with E-state index in [1.54, 1.807) is 0 Å². The first kappa shape index (κ1) is 18.0. The molecular weight excluding hydrogens is 299 g/mol. The smallest absolute Gasteiger partial charge is 0.367 e. The summed E-state index contributed by atoms with van der Waals surface area (Å²) in [5.41, 5.74) is 7.88. The quantitative estimate of drug-likeness (QED) is 0.736. The van der Waals surface area contributed by atoms with Crippen LogP contribution in [0.4, 0.5) is 13.2 Å². The Morgan fingerprint density at radius 2 is 1.82 bits per heavy atom. The van der Waals surface area contributed by atoms with Gasteiger partial charge in [-0.15, -0.1) is 0 Å². The Bertz CT molecular complexity index is 561. The van der Waals surface area contributed by atoms with Gasteiger partial charge in [0.1, 0.15) is 5.54 Å². The van der Waals surface area contributed by atoms with Crippen molar-refractivity contribution in [2.24, 2.45) is 11.5 Å². The van der Waals surface area contributed by atoms with Crippen LogP contribution in [0.15, 0.2) is 24.3 Å². The number of hydrogen-bond donors (Lipinski definition) is 3. The molecule has 0 aliphatic heterocycles. The molecule has 1 aromatic rings. The first-order chi connectivity index (χ1) is 10.1. The van der Waals surface area contributed by atoms with Gasteiger partial charge in [0.05, 0.1) is 5.56 Å². The molecule has 0 radical (unpaired) electrons. The highest BCUT2D eigenvalue weighted by atomic mass is 19.4. The highest BCUT2D eigenvalue weighted by Crippen LogP contribution is 2.32. The molecule has 1 aromatic carbocycles. The van der Waals surface area contributed by atoms with Gasteiger partial charge >= 0.3 is 6.18 Å². The van der Waals surface area contributed by atoms with Crippen molar-refractivity contribution in [3.8, 4) is 0 Å². The molecule has 0 saturated heterocycles. The highest BCUT2D eigenvalue weighted by molar-refractivity contribution is 5.91. The molecule has 1 rings (SSSR count). The van der Waals surface area contributed by atoms with Crippen molar-refractivity contribution < 1.29 is 22.8 Å². The molecule has 1 atom stereocenters. The van der Waals surface area contributed by atoms with Gasteiger partial charge in [-0.1, -0.05) is 12.1 Å². The van der Waals surface area contributed by atoms with Crippen LogP contribution in [0.2, 0.25) is 0 Å². The molecule has 0 spiro atoms. The average molecular weight is 317 g/mol. The van der Waals surface area contributed by atoms with Gasteiger partial charge in [0.2, 0.25) is 11.8 Å². The zero-order chi connectivity index (χ0) is 17.0. The average Bonchev–Trinajstić information content (AvgIpc) is 2.44. The molecule has 8 heteroatoms. The number of nitrogens with two attached hydrogens (primary N) is 2. The van der Waals surface area contributed by atoms with E-state index in [0.29, 0.717) is 6.42 Å². The minimum atomic E-state index is -4.56. The number of rotatable bonds is 6. The molecule has 0 aromatic heterocycles. The number of alkyl halides is 3. The topological polar surface area (TPSA) is 98.2 Å². The lowest BCUT2D eigenvalue weighted by atomic mass is 9.89. The van der Waals surface area contributed by atoms with Crippen molar-refractivity contribution in [2.75, 3.05) is 6.54 Å². The van der Waals surface area contributed by atoms with Gasteiger partial charge in [-0.25, -0.2) is 0 Å². The lowest BCUT2D eigenvalue weighted by molar-refractivity contribution is -0.138. The highest BCUT2D eigenvalue weighted by Gasteiger charge is 2.37. The summed E-state index contributed by atoms with van der Waals surface area (Å²) >= 11 is 0. The maximum absolute atomic E-state index is 12.8. The van der Waals surface area contributed by atoms with E-state index in [4.69, 9.17) is 11.5 Å². The van der Waals surface area contributed by atoms with Crippen LogP contribution >= 0.6 is 0 Å². The Kier molecular flexibility index (Phi) is 5.54. The number of carbonyl (C=O) groups excluding carboxylic acids is 2. The number of benzene rings is 1. The summed E-state index contributed by atoms with van der Waals surface area (Å²) in [6.07, 6.45) is -4.11. The van der Waals surface area contributed by atoms with Gasteiger partial charge in [-0.3, -0.25) is 9.59 Å². The van der Waals surface area contributed by atoms with Crippen LogP contribution in [0.25, 0.3) is 0 Å². The Labute approximate surface area is 125 Å². The molecular formula is C14H18F3N3O2. The van der Waals surface area contributed by atoms with E-state index in [1.165, 1.54) is 13.0 Å². The zero-order valence-corrected chi connectivity index (χ0v) is 12.0. The van der Waals surface area contributed by atoms with Gasteiger partial charge in [-0.2, -0.15) is 13.2 Å². The fourth-order valence-corrected chi connectivity index (χ4v) is 1.89. The maximum atomic E-state index is 12.8. The van der Waals surface area contributed by atoms with Gasteiger partial charge in [0.25, 0.3) is 0 Å². The Morgan fingerprint density at radius 3 is 2.32 bits per heavy atom. The number of hydrogen-bond acceptors (Lipinski definition) is 3. The third kappa shape index (κ3) is 4.20.